The molecule has 0 amide bonds. The van der Waals surface area contributed by atoms with E-state index >= 15 is 0 Å². The Morgan fingerprint density at radius 3 is 2.88 bits per heavy atom. The normalized spacial score (nSPS) is 15.5. The van der Waals surface area contributed by atoms with Gasteiger partial charge >= 0.3 is 0 Å². The van der Waals surface area contributed by atoms with E-state index in [9.17, 15) is 0 Å². The van der Waals surface area contributed by atoms with Crippen molar-refractivity contribution in [3.8, 4) is 17.1 Å². The molecule has 1 aliphatic rings. The smallest absolute Gasteiger partial charge is 0.165 e. The first-order chi connectivity index (χ1) is 12.7. The van der Waals surface area contributed by atoms with Crippen molar-refractivity contribution in [3.05, 3.63) is 47.8 Å². The van der Waals surface area contributed by atoms with Gasteiger partial charge in [0.2, 0.25) is 0 Å². The summed E-state index contributed by atoms with van der Waals surface area (Å²) >= 11 is 6.44. The van der Waals surface area contributed by atoms with Gasteiger partial charge in [0.15, 0.2) is 11.6 Å². The quantitative estimate of drug-likeness (QED) is 0.595. The Balaban J connectivity index is 1.74. The lowest BCUT2D eigenvalue weighted by Crippen LogP contribution is -2.02. The maximum atomic E-state index is 6.44. The van der Waals surface area contributed by atoms with Gasteiger partial charge in [-0.3, -0.25) is 0 Å². The summed E-state index contributed by atoms with van der Waals surface area (Å²) in [5.74, 6) is 2.56. The molecule has 26 heavy (non-hydrogen) atoms. The highest BCUT2D eigenvalue weighted by Gasteiger charge is 2.32. The second-order valence-corrected chi connectivity index (χ2v) is 7.06. The molecule has 1 atom stereocenters. The molecule has 0 radical (unpaired) electrons. The van der Waals surface area contributed by atoms with Gasteiger partial charge in [0, 0.05) is 29.3 Å². The lowest BCUT2D eigenvalue weighted by Gasteiger charge is -2.04. The molecule has 8 heteroatoms. The zero-order chi connectivity index (χ0) is 17.7. The van der Waals surface area contributed by atoms with Crippen LogP contribution >= 0.6 is 11.6 Å². The number of nitrogens with one attached hydrogen (secondary N) is 1. The maximum Gasteiger partial charge on any atom is 0.165 e. The van der Waals surface area contributed by atoms with Crippen LogP contribution in [0.3, 0.4) is 0 Å². The molecule has 130 valence electrons. The Kier molecular flexibility index (Phi) is 3.49. The second kappa shape index (κ2) is 5.88. The SMILES string of the molecule is CC(c1nc(-c2c[nH]c3nccc(Cl)c23)n(-c2ccnnc2)n1)C1CC1. The van der Waals surface area contributed by atoms with Gasteiger partial charge in [0.25, 0.3) is 0 Å². The molecule has 0 bridgehead atoms. The number of halogens is 1. The van der Waals surface area contributed by atoms with Crippen molar-refractivity contribution in [2.24, 2.45) is 5.92 Å². The lowest BCUT2D eigenvalue weighted by atomic mass is 10.1. The standard InChI is InChI=1S/C18H16ClN7/c1-10(11-2-3-11)16-24-18(26(25-16)12-4-7-22-23-8-12)13-9-21-17-15(13)14(19)5-6-20-17/h4-11H,2-3H2,1H3,(H,20,21). The fourth-order valence-electron chi connectivity index (χ4n) is 3.28. The molecule has 1 unspecified atom stereocenters. The van der Waals surface area contributed by atoms with Crippen LogP contribution in [0.5, 0.6) is 0 Å². The van der Waals surface area contributed by atoms with Crippen LogP contribution < -0.4 is 0 Å². The summed E-state index contributed by atoms with van der Waals surface area (Å²) < 4.78 is 1.81. The third-order valence-corrected chi connectivity index (χ3v) is 5.25. The van der Waals surface area contributed by atoms with Crippen LogP contribution in [0.2, 0.25) is 5.02 Å². The van der Waals surface area contributed by atoms with Crippen LogP contribution in [0.15, 0.2) is 36.9 Å². The number of hydrogen-bond acceptors (Lipinski definition) is 5. The predicted octanol–water partition coefficient (Wildman–Crippen LogP) is 3.77. The van der Waals surface area contributed by atoms with Crippen molar-refractivity contribution in [1.82, 2.24) is 34.9 Å². The van der Waals surface area contributed by atoms with Crippen LogP contribution in [0.25, 0.3) is 28.1 Å². The zero-order valence-corrected chi connectivity index (χ0v) is 14.9. The molecule has 4 heterocycles. The number of fused-ring (bicyclic) bond motifs is 1. The zero-order valence-electron chi connectivity index (χ0n) is 14.1. The molecule has 5 rings (SSSR count). The summed E-state index contributed by atoms with van der Waals surface area (Å²) in [4.78, 5) is 12.4. The molecule has 0 spiro atoms. The van der Waals surface area contributed by atoms with Crippen molar-refractivity contribution in [2.75, 3.05) is 0 Å². The topological polar surface area (TPSA) is 85.2 Å². The molecule has 0 aliphatic heterocycles. The Hall–Kier alpha value is -2.80. The van der Waals surface area contributed by atoms with Crippen molar-refractivity contribution in [2.45, 2.75) is 25.7 Å². The van der Waals surface area contributed by atoms with E-state index in [1.165, 1.54) is 12.8 Å². The largest absolute Gasteiger partial charge is 0.345 e. The summed E-state index contributed by atoms with van der Waals surface area (Å²) in [5, 5.41) is 14.1. The van der Waals surface area contributed by atoms with Gasteiger partial charge in [-0.15, -0.1) is 0 Å². The number of aromatic amines is 1. The average molecular weight is 366 g/mol. The van der Waals surface area contributed by atoms with Crippen LogP contribution in [0.4, 0.5) is 0 Å². The van der Waals surface area contributed by atoms with Crippen LogP contribution in [-0.4, -0.2) is 34.9 Å². The lowest BCUT2D eigenvalue weighted by molar-refractivity contribution is 0.617. The van der Waals surface area contributed by atoms with Gasteiger partial charge in [0.05, 0.1) is 23.1 Å². The Labute approximate surface area is 154 Å². The number of H-pyrrole nitrogens is 1. The molecule has 7 nitrogen and oxygen atoms in total. The minimum Gasteiger partial charge on any atom is -0.345 e. The summed E-state index contributed by atoms with van der Waals surface area (Å²) in [6.45, 7) is 2.19. The molecule has 4 aromatic rings. The van der Waals surface area contributed by atoms with Gasteiger partial charge < -0.3 is 4.98 Å². The molecule has 0 saturated heterocycles. The third-order valence-electron chi connectivity index (χ3n) is 4.94. The molecular formula is C18H16ClN7. The molecular weight excluding hydrogens is 350 g/mol. The summed E-state index contributed by atoms with van der Waals surface area (Å²) in [7, 11) is 0. The van der Waals surface area contributed by atoms with Gasteiger partial charge in [-0.2, -0.15) is 15.3 Å². The molecule has 0 aromatic carbocycles. The Morgan fingerprint density at radius 1 is 1.23 bits per heavy atom. The number of rotatable bonds is 4. The monoisotopic (exact) mass is 365 g/mol. The number of pyridine rings is 1. The van der Waals surface area contributed by atoms with Crippen molar-refractivity contribution in [1.29, 1.82) is 0 Å². The van der Waals surface area contributed by atoms with Gasteiger partial charge in [-0.05, 0) is 30.9 Å². The van der Waals surface area contributed by atoms with E-state index < -0.39 is 0 Å². The number of aromatic nitrogens is 7. The fourth-order valence-corrected chi connectivity index (χ4v) is 3.53. The first-order valence-corrected chi connectivity index (χ1v) is 8.96. The highest BCUT2D eigenvalue weighted by Crippen LogP contribution is 2.42. The molecule has 1 N–H and O–H groups in total. The van der Waals surface area contributed by atoms with Gasteiger partial charge in [0.1, 0.15) is 5.65 Å². The highest BCUT2D eigenvalue weighted by molar-refractivity contribution is 6.36. The van der Waals surface area contributed by atoms with Crippen LogP contribution in [0.1, 0.15) is 31.5 Å². The van der Waals surface area contributed by atoms with E-state index in [-0.39, 0.29) is 0 Å². The maximum absolute atomic E-state index is 6.44. The molecule has 1 saturated carbocycles. The minimum atomic E-state index is 0.323. The van der Waals surface area contributed by atoms with Crippen LogP contribution in [0, 0.1) is 5.92 Å². The highest BCUT2D eigenvalue weighted by atomic mass is 35.5. The van der Waals surface area contributed by atoms with E-state index in [0.717, 1.165) is 33.9 Å². The Bertz CT molecular complexity index is 1080. The summed E-state index contributed by atoms with van der Waals surface area (Å²) in [6.07, 6.45) is 9.37. The molecule has 4 aromatic heterocycles. The van der Waals surface area contributed by atoms with E-state index in [1.54, 1.807) is 24.7 Å². The van der Waals surface area contributed by atoms with Gasteiger partial charge in [-0.1, -0.05) is 18.5 Å². The summed E-state index contributed by atoms with van der Waals surface area (Å²) in [6, 6.07) is 3.65. The molecule has 1 fully saturated rings. The van der Waals surface area contributed by atoms with E-state index in [4.69, 9.17) is 21.7 Å². The Morgan fingerprint density at radius 2 is 2.12 bits per heavy atom. The van der Waals surface area contributed by atoms with Crippen LogP contribution in [-0.2, 0) is 0 Å². The fraction of sp³-hybridized carbons (Fsp3) is 0.278. The molecule has 1 aliphatic carbocycles. The average Bonchev–Trinajstić information content (AvgIpc) is 3.27. The predicted molar refractivity (Wildman–Crippen MR) is 98.2 cm³/mol. The third kappa shape index (κ3) is 2.47. The van der Waals surface area contributed by atoms with Crippen molar-refractivity contribution in [3.63, 3.8) is 0 Å². The number of nitrogens with zero attached hydrogens (tertiary/aromatic N) is 6. The van der Waals surface area contributed by atoms with E-state index in [2.05, 4.69) is 27.1 Å². The first-order valence-electron chi connectivity index (χ1n) is 8.58. The number of hydrogen-bond donors (Lipinski definition) is 1. The summed E-state index contributed by atoms with van der Waals surface area (Å²) in [5.41, 5.74) is 2.41. The van der Waals surface area contributed by atoms with Gasteiger partial charge in [-0.25, -0.2) is 14.6 Å². The minimum absolute atomic E-state index is 0.323. The first kappa shape index (κ1) is 15.5. The van der Waals surface area contributed by atoms with Crippen molar-refractivity contribution < 1.29 is 0 Å². The second-order valence-electron chi connectivity index (χ2n) is 6.65. The van der Waals surface area contributed by atoms with Crippen molar-refractivity contribution >= 4 is 22.6 Å². The van der Waals surface area contributed by atoms with E-state index in [1.807, 2.05) is 16.9 Å². The van der Waals surface area contributed by atoms with E-state index in [0.29, 0.717) is 16.9 Å².